The van der Waals surface area contributed by atoms with Crippen molar-refractivity contribution in [2.45, 2.75) is 6.54 Å². The molecule has 0 aromatic carbocycles. The largest absolute Gasteiger partial charge is 0.315 e. The van der Waals surface area contributed by atoms with Crippen LogP contribution >= 0.6 is 0 Å². The van der Waals surface area contributed by atoms with E-state index in [0.717, 1.165) is 17.8 Å². The van der Waals surface area contributed by atoms with Crippen molar-refractivity contribution >= 4 is 5.65 Å². The first-order valence-electron chi connectivity index (χ1n) is 3.83. The first-order chi connectivity index (χ1) is 5.92. The summed E-state index contributed by atoms with van der Waals surface area (Å²) in [5, 5.41) is 7.22. The molecule has 0 unspecified atom stereocenters. The number of aromatic nitrogens is 3. The molecular weight excluding hydrogens is 152 g/mol. The van der Waals surface area contributed by atoms with Gasteiger partial charge in [0.1, 0.15) is 0 Å². The van der Waals surface area contributed by atoms with Crippen LogP contribution in [0.5, 0.6) is 0 Å². The molecule has 0 saturated carbocycles. The summed E-state index contributed by atoms with van der Waals surface area (Å²) in [7, 11) is 1.91. The predicted molar refractivity (Wildman–Crippen MR) is 45.8 cm³/mol. The van der Waals surface area contributed by atoms with Gasteiger partial charge in [-0.25, -0.2) is 9.50 Å². The van der Waals surface area contributed by atoms with E-state index in [1.165, 1.54) is 0 Å². The van der Waals surface area contributed by atoms with Crippen molar-refractivity contribution in [3.8, 4) is 0 Å². The minimum Gasteiger partial charge on any atom is -0.315 e. The summed E-state index contributed by atoms with van der Waals surface area (Å²) in [5.74, 6) is 0. The molecule has 0 spiro atoms. The maximum absolute atomic E-state index is 4.22. The molecule has 0 amide bonds. The van der Waals surface area contributed by atoms with Crippen LogP contribution < -0.4 is 5.32 Å². The number of fused-ring (bicyclic) bond motifs is 1. The molecule has 1 N–H and O–H groups in total. The zero-order valence-corrected chi connectivity index (χ0v) is 6.86. The fourth-order valence-electron chi connectivity index (χ4n) is 1.19. The molecule has 2 aromatic rings. The van der Waals surface area contributed by atoms with E-state index in [0.29, 0.717) is 0 Å². The van der Waals surface area contributed by atoms with Gasteiger partial charge in [-0.15, -0.1) is 0 Å². The maximum atomic E-state index is 4.22. The molecule has 2 rings (SSSR count). The molecule has 0 atom stereocenters. The van der Waals surface area contributed by atoms with Crippen LogP contribution in [-0.2, 0) is 6.54 Å². The molecule has 62 valence electrons. The molecule has 4 nitrogen and oxygen atoms in total. The molecule has 4 heteroatoms. The predicted octanol–water partition coefficient (Wildman–Crippen LogP) is 0.449. The zero-order valence-electron chi connectivity index (χ0n) is 6.86. The van der Waals surface area contributed by atoms with Crippen molar-refractivity contribution in [3.63, 3.8) is 0 Å². The Hall–Kier alpha value is -1.42. The van der Waals surface area contributed by atoms with Crippen LogP contribution in [0.4, 0.5) is 0 Å². The van der Waals surface area contributed by atoms with Crippen LogP contribution in [-0.4, -0.2) is 21.6 Å². The average molecular weight is 162 g/mol. The van der Waals surface area contributed by atoms with Crippen molar-refractivity contribution in [3.05, 3.63) is 30.2 Å². The van der Waals surface area contributed by atoms with E-state index < -0.39 is 0 Å². The van der Waals surface area contributed by atoms with Gasteiger partial charge in [0.15, 0.2) is 5.65 Å². The van der Waals surface area contributed by atoms with Gasteiger partial charge in [0, 0.05) is 24.5 Å². The average Bonchev–Trinajstić information content (AvgIpc) is 2.50. The van der Waals surface area contributed by atoms with Gasteiger partial charge in [0.05, 0.1) is 6.20 Å². The lowest BCUT2D eigenvalue weighted by Crippen LogP contribution is -2.04. The fraction of sp³-hybridized carbons (Fsp3) is 0.250. The first kappa shape index (κ1) is 7.24. The highest BCUT2D eigenvalue weighted by Gasteiger charge is 2.01. The van der Waals surface area contributed by atoms with Crippen molar-refractivity contribution in [2.75, 3.05) is 7.05 Å². The fourth-order valence-corrected chi connectivity index (χ4v) is 1.19. The lowest BCUT2D eigenvalue weighted by molar-refractivity contribution is 0.821. The van der Waals surface area contributed by atoms with Gasteiger partial charge >= 0.3 is 0 Å². The topological polar surface area (TPSA) is 42.2 Å². The van der Waals surface area contributed by atoms with Crippen molar-refractivity contribution in [2.24, 2.45) is 0 Å². The molecule has 0 aliphatic rings. The van der Waals surface area contributed by atoms with Crippen LogP contribution in [0.15, 0.2) is 24.7 Å². The quantitative estimate of drug-likeness (QED) is 0.697. The lowest BCUT2D eigenvalue weighted by Gasteiger charge is -1.94. The summed E-state index contributed by atoms with van der Waals surface area (Å²) in [6.45, 7) is 0.806. The Morgan fingerprint density at radius 2 is 2.50 bits per heavy atom. The van der Waals surface area contributed by atoms with Gasteiger partial charge in [0.25, 0.3) is 0 Å². The SMILES string of the molecule is CNCc1cnn2cccnc12. The number of hydrogen-bond donors (Lipinski definition) is 1. The van der Waals surface area contributed by atoms with Crippen LogP contribution in [0.25, 0.3) is 5.65 Å². The Morgan fingerprint density at radius 1 is 1.58 bits per heavy atom. The third kappa shape index (κ3) is 1.06. The number of hydrogen-bond acceptors (Lipinski definition) is 3. The Morgan fingerprint density at radius 3 is 3.33 bits per heavy atom. The molecule has 0 radical (unpaired) electrons. The second kappa shape index (κ2) is 2.91. The first-order valence-corrected chi connectivity index (χ1v) is 3.83. The molecular formula is C8H10N4. The van der Waals surface area contributed by atoms with Gasteiger partial charge < -0.3 is 5.32 Å². The third-order valence-corrected chi connectivity index (χ3v) is 1.72. The summed E-state index contributed by atoms with van der Waals surface area (Å²) in [6.07, 6.45) is 5.50. The van der Waals surface area contributed by atoms with Crippen LogP contribution in [0.1, 0.15) is 5.56 Å². The molecule has 0 aliphatic heterocycles. The van der Waals surface area contributed by atoms with E-state index in [-0.39, 0.29) is 0 Å². The molecule has 0 fully saturated rings. The molecule has 0 bridgehead atoms. The van der Waals surface area contributed by atoms with Crippen molar-refractivity contribution in [1.82, 2.24) is 19.9 Å². The van der Waals surface area contributed by atoms with Crippen LogP contribution in [0, 0.1) is 0 Å². The van der Waals surface area contributed by atoms with Crippen molar-refractivity contribution < 1.29 is 0 Å². The lowest BCUT2D eigenvalue weighted by atomic mass is 10.3. The standard InChI is InChI=1S/C8H10N4/c1-9-5-7-6-11-12-4-2-3-10-8(7)12/h2-4,6,9H,5H2,1H3. The summed E-state index contributed by atoms with van der Waals surface area (Å²) in [5.41, 5.74) is 2.05. The Bertz CT molecular complexity index is 379. The van der Waals surface area contributed by atoms with Gasteiger partial charge in [-0.2, -0.15) is 5.10 Å². The Labute approximate surface area is 70.2 Å². The van der Waals surface area contributed by atoms with Crippen LogP contribution in [0.2, 0.25) is 0 Å². The molecule has 2 heterocycles. The number of nitrogens with one attached hydrogen (secondary N) is 1. The van der Waals surface area contributed by atoms with Gasteiger partial charge in [-0.3, -0.25) is 0 Å². The molecule has 2 aromatic heterocycles. The highest BCUT2D eigenvalue weighted by Crippen LogP contribution is 2.05. The van der Waals surface area contributed by atoms with Gasteiger partial charge in [-0.05, 0) is 13.1 Å². The second-order valence-corrected chi connectivity index (χ2v) is 2.59. The third-order valence-electron chi connectivity index (χ3n) is 1.72. The van der Waals surface area contributed by atoms with Crippen LogP contribution in [0.3, 0.4) is 0 Å². The normalized spacial score (nSPS) is 10.8. The summed E-state index contributed by atoms with van der Waals surface area (Å²) < 4.78 is 1.77. The summed E-state index contributed by atoms with van der Waals surface area (Å²) >= 11 is 0. The zero-order chi connectivity index (χ0) is 8.39. The van der Waals surface area contributed by atoms with E-state index in [1.807, 2.05) is 25.5 Å². The number of nitrogens with zero attached hydrogens (tertiary/aromatic N) is 3. The van der Waals surface area contributed by atoms with E-state index in [1.54, 1.807) is 10.7 Å². The monoisotopic (exact) mass is 162 g/mol. The second-order valence-electron chi connectivity index (χ2n) is 2.59. The molecule has 0 saturated heterocycles. The Balaban J connectivity index is 2.55. The van der Waals surface area contributed by atoms with E-state index >= 15 is 0 Å². The van der Waals surface area contributed by atoms with Gasteiger partial charge in [-0.1, -0.05) is 0 Å². The van der Waals surface area contributed by atoms with Crippen molar-refractivity contribution in [1.29, 1.82) is 0 Å². The van der Waals surface area contributed by atoms with E-state index in [9.17, 15) is 0 Å². The smallest absolute Gasteiger partial charge is 0.159 e. The highest BCUT2D eigenvalue weighted by atomic mass is 15.2. The minimum absolute atomic E-state index is 0.806. The molecule has 12 heavy (non-hydrogen) atoms. The minimum atomic E-state index is 0.806. The maximum Gasteiger partial charge on any atom is 0.159 e. The number of rotatable bonds is 2. The van der Waals surface area contributed by atoms with Gasteiger partial charge in [0.2, 0.25) is 0 Å². The van der Waals surface area contributed by atoms with E-state index in [2.05, 4.69) is 15.4 Å². The summed E-state index contributed by atoms with van der Waals surface area (Å²) in [6, 6.07) is 1.86. The van der Waals surface area contributed by atoms with E-state index in [4.69, 9.17) is 0 Å². The highest BCUT2D eigenvalue weighted by molar-refractivity contribution is 5.45. The molecule has 0 aliphatic carbocycles. The summed E-state index contributed by atoms with van der Waals surface area (Å²) in [4.78, 5) is 4.22. The Kier molecular flexibility index (Phi) is 1.75.